The van der Waals surface area contributed by atoms with Crippen LogP contribution in [-0.2, 0) is 16.1 Å². The summed E-state index contributed by atoms with van der Waals surface area (Å²) in [4.78, 5) is 41.5. The molecule has 1 aromatic carbocycles. The summed E-state index contributed by atoms with van der Waals surface area (Å²) in [5, 5.41) is 0. The lowest BCUT2D eigenvalue weighted by atomic mass is 9.82. The smallest absolute Gasteiger partial charge is 0.250 e. The van der Waals surface area contributed by atoms with Gasteiger partial charge in [-0.2, -0.15) is 0 Å². The van der Waals surface area contributed by atoms with Gasteiger partial charge < -0.3 is 14.4 Å². The first-order valence-electron chi connectivity index (χ1n) is 9.94. The van der Waals surface area contributed by atoms with Gasteiger partial charge in [-0.3, -0.25) is 14.4 Å². The van der Waals surface area contributed by atoms with Crippen LogP contribution in [0.2, 0.25) is 0 Å². The fourth-order valence-electron chi connectivity index (χ4n) is 5.07. The number of fused-ring (bicyclic) bond motifs is 4. The predicted octanol–water partition coefficient (Wildman–Crippen LogP) is 1.85. The number of anilines is 1. The lowest BCUT2D eigenvalue weighted by Gasteiger charge is -2.43. The molecule has 2 saturated heterocycles. The number of pyridine rings is 1. The van der Waals surface area contributed by atoms with Gasteiger partial charge in [0.15, 0.2) is 0 Å². The number of carbonyl (C=O) groups excluding carboxylic acids is 2. The average Bonchev–Trinajstić information content (AvgIpc) is 3.10. The van der Waals surface area contributed by atoms with Crippen LogP contribution in [0.1, 0.15) is 24.5 Å². The van der Waals surface area contributed by atoms with Crippen molar-refractivity contribution in [3.63, 3.8) is 0 Å². The highest BCUT2D eigenvalue weighted by Crippen LogP contribution is 2.36. The predicted molar refractivity (Wildman–Crippen MR) is 105 cm³/mol. The number of benzene rings is 1. The van der Waals surface area contributed by atoms with E-state index in [1.54, 1.807) is 11.0 Å². The van der Waals surface area contributed by atoms with Gasteiger partial charge in [0.05, 0.1) is 5.92 Å². The van der Waals surface area contributed by atoms with Crippen molar-refractivity contribution in [2.45, 2.75) is 25.3 Å². The molecule has 3 aliphatic heterocycles. The van der Waals surface area contributed by atoms with Crippen LogP contribution in [0.4, 0.5) is 5.69 Å². The number of hydrogen-bond acceptors (Lipinski definition) is 3. The van der Waals surface area contributed by atoms with E-state index in [1.807, 2.05) is 51.9 Å². The molecule has 0 radical (unpaired) electrons. The molecule has 3 atom stereocenters. The van der Waals surface area contributed by atoms with Crippen molar-refractivity contribution in [3.05, 3.63) is 64.6 Å². The first-order valence-corrected chi connectivity index (χ1v) is 9.94. The topological polar surface area (TPSA) is 62.6 Å². The molecule has 1 aromatic heterocycles. The molecule has 0 unspecified atom stereocenters. The minimum atomic E-state index is -0.288. The third-order valence-electron chi connectivity index (χ3n) is 6.33. The Morgan fingerprint density at radius 2 is 1.71 bits per heavy atom. The van der Waals surface area contributed by atoms with Crippen LogP contribution in [0.5, 0.6) is 0 Å². The number of amides is 2. The van der Waals surface area contributed by atoms with Gasteiger partial charge >= 0.3 is 0 Å². The Labute approximate surface area is 163 Å². The van der Waals surface area contributed by atoms with E-state index < -0.39 is 0 Å². The fraction of sp³-hybridized carbons (Fsp3) is 0.409. The van der Waals surface area contributed by atoms with Crippen molar-refractivity contribution in [2.24, 2.45) is 11.8 Å². The van der Waals surface area contributed by atoms with Crippen molar-refractivity contribution in [1.82, 2.24) is 9.47 Å². The molecule has 5 rings (SSSR count). The number of rotatable bonds is 2. The average molecular weight is 377 g/mol. The van der Waals surface area contributed by atoms with Crippen molar-refractivity contribution in [3.8, 4) is 0 Å². The molecule has 2 aromatic rings. The summed E-state index contributed by atoms with van der Waals surface area (Å²) in [6.07, 6.45) is 1.29. The SMILES string of the molecule is O=C([C@@H]1CC(=O)N(c2ccccc2)C1)N1C[C@H]2C[C@@H](C1)c1cccc(=O)n1C2. The minimum absolute atomic E-state index is 0.0126. The van der Waals surface area contributed by atoms with Crippen LogP contribution < -0.4 is 10.5 Å². The van der Waals surface area contributed by atoms with Crippen LogP contribution in [-0.4, -0.2) is 40.9 Å². The largest absolute Gasteiger partial charge is 0.341 e. The summed E-state index contributed by atoms with van der Waals surface area (Å²) in [5.41, 5.74) is 1.94. The number of carbonyl (C=O) groups is 2. The molecule has 0 aliphatic carbocycles. The molecule has 3 aliphatic rings. The van der Waals surface area contributed by atoms with Gasteiger partial charge in [-0.05, 0) is 30.5 Å². The Bertz CT molecular complexity index is 984. The van der Waals surface area contributed by atoms with Crippen molar-refractivity contribution in [2.75, 3.05) is 24.5 Å². The number of aromatic nitrogens is 1. The number of likely N-dealkylation sites (tertiary alicyclic amines) is 1. The normalized spacial score (nSPS) is 26.3. The molecule has 6 nitrogen and oxygen atoms in total. The summed E-state index contributed by atoms with van der Waals surface area (Å²) < 4.78 is 1.87. The van der Waals surface area contributed by atoms with Crippen LogP contribution in [0.25, 0.3) is 0 Å². The van der Waals surface area contributed by atoms with E-state index in [2.05, 4.69) is 0 Å². The zero-order valence-corrected chi connectivity index (χ0v) is 15.7. The molecule has 144 valence electrons. The lowest BCUT2D eigenvalue weighted by molar-refractivity contribution is -0.138. The number of piperidine rings is 1. The van der Waals surface area contributed by atoms with E-state index in [1.165, 1.54) is 0 Å². The van der Waals surface area contributed by atoms with E-state index in [9.17, 15) is 14.4 Å². The van der Waals surface area contributed by atoms with Crippen LogP contribution in [0.3, 0.4) is 0 Å². The highest BCUT2D eigenvalue weighted by atomic mass is 16.2. The molecular weight excluding hydrogens is 354 g/mol. The zero-order chi connectivity index (χ0) is 19.3. The van der Waals surface area contributed by atoms with Crippen molar-refractivity contribution < 1.29 is 9.59 Å². The highest BCUT2D eigenvalue weighted by Gasteiger charge is 2.41. The maximum absolute atomic E-state index is 13.2. The molecule has 2 bridgehead atoms. The van der Waals surface area contributed by atoms with Crippen LogP contribution in [0, 0.1) is 11.8 Å². The molecule has 0 spiro atoms. The van der Waals surface area contributed by atoms with E-state index in [0.717, 1.165) is 17.8 Å². The molecule has 2 fully saturated rings. The third-order valence-corrected chi connectivity index (χ3v) is 6.33. The van der Waals surface area contributed by atoms with Gasteiger partial charge in [-0.15, -0.1) is 0 Å². The fourth-order valence-corrected chi connectivity index (χ4v) is 5.07. The first-order chi connectivity index (χ1) is 13.6. The molecule has 0 N–H and O–H groups in total. The molecule has 28 heavy (non-hydrogen) atoms. The monoisotopic (exact) mass is 377 g/mol. The molecule has 4 heterocycles. The number of para-hydroxylation sites is 1. The number of nitrogens with zero attached hydrogens (tertiary/aromatic N) is 3. The van der Waals surface area contributed by atoms with Gasteiger partial charge in [-0.25, -0.2) is 0 Å². The van der Waals surface area contributed by atoms with Gasteiger partial charge in [0, 0.05) is 56.0 Å². The second-order valence-electron chi connectivity index (χ2n) is 8.18. The van der Waals surface area contributed by atoms with E-state index in [4.69, 9.17) is 0 Å². The zero-order valence-electron chi connectivity index (χ0n) is 15.7. The lowest BCUT2D eigenvalue weighted by Crippen LogP contribution is -2.50. The Balaban J connectivity index is 1.33. The third kappa shape index (κ3) is 2.84. The van der Waals surface area contributed by atoms with Gasteiger partial charge in [0.25, 0.3) is 5.56 Å². The summed E-state index contributed by atoms with van der Waals surface area (Å²) in [6, 6.07) is 15.0. The maximum atomic E-state index is 13.2. The molecular formula is C22H23N3O3. The quantitative estimate of drug-likeness (QED) is 0.802. The first kappa shape index (κ1) is 17.2. The van der Waals surface area contributed by atoms with Crippen molar-refractivity contribution >= 4 is 17.5 Å². The summed E-state index contributed by atoms with van der Waals surface area (Å²) in [6.45, 7) is 2.43. The second kappa shape index (κ2) is 6.62. The second-order valence-corrected chi connectivity index (χ2v) is 8.18. The van der Waals surface area contributed by atoms with Crippen LogP contribution >= 0.6 is 0 Å². The number of hydrogen-bond donors (Lipinski definition) is 0. The Kier molecular flexibility index (Phi) is 4.07. The summed E-state index contributed by atoms with van der Waals surface area (Å²) >= 11 is 0. The van der Waals surface area contributed by atoms with E-state index in [-0.39, 0.29) is 35.6 Å². The summed E-state index contributed by atoms with van der Waals surface area (Å²) in [5.74, 6) is 0.307. The van der Waals surface area contributed by atoms with Crippen LogP contribution in [0.15, 0.2) is 53.3 Å². The standard InChI is InChI=1S/C22H23N3O3/c26-20-8-4-7-19-16-9-15(12-25(19)20)11-23(13-16)22(28)17-10-21(27)24(14-17)18-5-2-1-3-6-18/h1-8,15-17H,9-14H2/t15-,16+,17-/m1/s1. The Morgan fingerprint density at radius 3 is 2.54 bits per heavy atom. The van der Waals surface area contributed by atoms with E-state index in [0.29, 0.717) is 32.1 Å². The molecule has 0 saturated carbocycles. The maximum Gasteiger partial charge on any atom is 0.250 e. The Hall–Kier alpha value is -2.89. The Morgan fingerprint density at radius 1 is 0.893 bits per heavy atom. The van der Waals surface area contributed by atoms with Gasteiger partial charge in [0.2, 0.25) is 11.8 Å². The van der Waals surface area contributed by atoms with E-state index >= 15 is 0 Å². The van der Waals surface area contributed by atoms with Gasteiger partial charge in [-0.1, -0.05) is 24.3 Å². The molecule has 6 heteroatoms. The highest BCUT2D eigenvalue weighted by molar-refractivity contribution is 6.00. The van der Waals surface area contributed by atoms with Gasteiger partial charge in [0.1, 0.15) is 0 Å². The minimum Gasteiger partial charge on any atom is -0.341 e. The summed E-state index contributed by atoms with van der Waals surface area (Å²) in [7, 11) is 0. The molecule has 2 amide bonds. The van der Waals surface area contributed by atoms with Crippen molar-refractivity contribution in [1.29, 1.82) is 0 Å².